The van der Waals surface area contributed by atoms with Gasteiger partial charge >= 0.3 is 0 Å². The molecule has 4 heteroatoms. The summed E-state index contributed by atoms with van der Waals surface area (Å²) in [6.07, 6.45) is 4.78. The Labute approximate surface area is 91.1 Å². The first-order valence-electron chi connectivity index (χ1n) is 5.42. The lowest BCUT2D eigenvalue weighted by molar-refractivity contribution is 0.0487. The Kier molecular flexibility index (Phi) is 5.04. The van der Waals surface area contributed by atoms with Gasteiger partial charge in [0.1, 0.15) is 5.82 Å². The Morgan fingerprint density at radius 3 is 2.67 bits per heavy atom. The first-order valence-corrected chi connectivity index (χ1v) is 5.42. The van der Waals surface area contributed by atoms with E-state index in [4.69, 9.17) is 4.74 Å². The quantitative estimate of drug-likeness (QED) is 0.780. The van der Waals surface area contributed by atoms with E-state index < -0.39 is 0 Å². The number of aromatic nitrogens is 2. The van der Waals surface area contributed by atoms with Crippen LogP contribution in [0.2, 0.25) is 0 Å². The zero-order valence-electron chi connectivity index (χ0n) is 9.66. The molecular weight excluding hydrogens is 190 g/mol. The molecule has 0 fully saturated rings. The molecule has 1 aromatic rings. The van der Waals surface area contributed by atoms with Gasteiger partial charge in [0.05, 0.1) is 30.8 Å². The molecule has 0 saturated carbocycles. The van der Waals surface area contributed by atoms with Gasteiger partial charge in [0.15, 0.2) is 0 Å². The molecule has 0 aliphatic carbocycles. The molecule has 1 N–H and O–H groups in total. The van der Waals surface area contributed by atoms with Gasteiger partial charge in [-0.1, -0.05) is 6.92 Å². The number of hydrogen-bond donors (Lipinski definition) is 1. The number of ether oxygens (including phenoxy) is 1. The molecule has 1 unspecified atom stereocenters. The fourth-order valence-electron chi connectivity index (χ4n) is 1.05. The average Bonchev–Trinajstić information content (AvgIpc) is 2.28. The van der Waals surface area contributed by atoms with Crippen LogP contribution in [-0.2, 0) is 11.3 Å². The van der Waals surface area contributed by atoms with E-state index in [1.165, 1.54) is 0 Å². The van der Waals surface area contributed by atoms with Crippen molar-refractivity contribution >= 4 is 5.82 Å². The van der Waals surface area contributed by atoms with Crippen molar-refractivity contribution in [1.82, 2.24) is 9.97 Å². The van der Waals surface area contributed by atoms with Gasteiger partial charge < -0.3 is 10.1 Å². The van der Waals surface area contributed by atoms with E-state index >= 15 is 0 Å². The molecule has 0 saturated heterocycles. The number of hydrogen-bond acceptors (Lipinski definition) is 4. The lowest BCUT2D eigenvalue weighted by Gasteiger charge is -2.09. The molecule has 4 nitrogen and oxygen atoms in total. The van der Waals surface area contributed by atoms with Gasteiger partial charge in [-0.05, 0) is 20.3 Å². The Morgan fingerprint density at radius 2 is 2.13 bits per heavy atom. The van der Waals surface area contributed by atoms with Crippen molar-refractivity contribution in [1.29, 1.82) is 0 Å². The summed E-state index contributed by atoms with van der Waals surface area (Å²) in [6, 6.07) is 0. The Bertz CT molecular complexity index is 274. The summed E-state index contributed by atoms with van der Waals surface area (Å²) >= 11 is 0. The molecule has 0 bridgehead atoms. The minimum Gasteiger partial charge on any atom is -0.372 e. The third-order valence-corrected chi connectivity index (χ3v) is 2.15. The van der Waals surface area contributed by atoms with Gasteiger partial charge in [0.2, 0.25) is 0 Å². The van der Waals surface area contributed by atoms with Gasteiger partial charge in [0, 0.05) is 6.54 Å². The molecule has 0 aromatic carbocycles. The van der Waals surface area contributed by atoms with Gasteiger partial charge in [-0.15, -0.1) is 0 Å². The van der Waals surface area contributed by atoms with Crippen LogP contribution in [0.25, 0.3) is 0 Å². The SMILES string of the molecule is CCNc1cnc(COC(C)CC)cn1. The first kappa shape index (κ1) is 11.9. The molecule has 15 heavy (non-hydrogen) atoms. The molecule has 1 atom stereocenters. The maximum absolute atomic E-state index is 5.55. The summed E-state index contributed by atoms with van der Waals surface area (Å²) < 4.78 is 5.55. The van der Waals surface area contributed by atoms with E-state index in [0.717, 1.165) is 24.5 Å². The highest BCUT2D eigenvalue weighted by Gasteiger charge is 2.01. The highest BCUT2D eigenvalue weighted by atomic mass is 16.5. The zero-order valence-corrected chi connectivity index (χ0v) is 9.66. The smallest absolute Gasteiger partial charge is 0.144 e. The normalized spacial score (nSPS) is 12.5. The highest BCUT2D eigenvalue weighted by molar-refractivity contribution is 5.30. The van der Waals surface area contributed by atoms with E-state index in [9.17, 15) is 0 Å². The predicted molar refractivity (Wildman–Crippen MR) is 60.7 cm³/mol. The summed E-state index contributed by atoms with van der Waals surface area (Å²) in [5.74, 6) is 0.810. The van der Waals surface area contributed by atoms with Crippen molar-refractivity contribution < 1.29 is 4.74 Å². The summed E-state index contributed by atoms with van der Waals surface area (Å²) in [5.41, 5.74) is 0.872. The Balaban J connectivity index is 2.42. The number of nitrogens with one attached hydrogen (secondary N) is 1. The number of anilines is 1. The fourth-order valence-corrected chi connectivity index (χ4v) is 1.05. The lowest BCUT2D eigenvalue weighted by Crippen LogP contribution is -2.08. The largest absolute Gasteiger partial charge is 0.372 e. The van der Waals surface area contributed by atoms with E-state index in [1.54, 1.807) is 12.4 Å². The molecule has 0 radical (unpaired) electrons. The molecule has 1 heterocycles. The fraction of sp³-hybridized carbons (Fsp3) is 0.636. The van der Waals surface area contributed by atoms with Gasteiger partial charge in [-0.2, -0.15) is 0 Å². The van der Waals surface area contributed by atoms with E-state index in [2.05, 4.69) is 29.1 Å². The third-order valence-electron chi connectivity index (χ3n) is 2.15. The second kappa shape index (κ2) is 6.35. The molecule has 1 aromatic heterocycles. The summed E-state index contributed by atoms with van der Waals surface area (Å²) in [6.45, 7) is 7.58. The second-order valence-electron chi connectivity index (χ2n) is 3.45. The number of rotatable bonds is 6. The topological polar surface area (TPSA) is 47.0 Å². The maximum Gasteiger partial charge on any atom is 0.144 e. The van der Waals surface area contributed by atoms with Crippen LogP contribution >= 0.6 is 0 Å². The van der Waals surface area contributed by atoms with Crippen molar-refractivity contribution in [3.05, 3.63) is 18.1 Å². The van der Waals surface area contributed by atoms with Crippen LogP contribution in [0.4, 0.5) is 5.82 Å². The molecule has 1 rings (SSSR count). The van der Waals surface area contributed by atoms with Crippen molar-refractivity contribution in [2.45, 2.75) is 39.9 Å². The Hall–Kier alpha value is -1.16. The van der Waals surface area contributed by atoms with Crippen LogP contribution in [0, 0.1) is 0 Å². The third kappa shape index (κ3) is 4.25. The molecule has 0 aliphatic rings. The van der Waals surface area contributed by atoms with Crippen LogP contribution < -0.4 is 5.32 Å². The van der Waals surface area contributed by atoms with Crippen molar-refractivity contribution in [2.24, 2.45) is 0 Å². The monoisotopic (exact) mass is 209 g/mol. The van der Waals surface area contributed by atoms with Crippen molar-refractivity contribution in [2.75, 3.05) is 11.9 Å². The summed E-state index contributed by atoms with van der Waals surface area (Å²) in [5, 5.41) is 3.10. The van der Waals surface area contributed by atoms with Crippen molar-refractivity contribution in [3.8, 4) is 0 Å². The zero-order chi connectivity index (χ0) is 11.1. The lowest BCUT2D eigenvalue weighted by atomic mass is 10.3. The Morgan fingerprint density at radius 1 is 1.33 bits per heavy atom. The first-order chi connectivity index (χ1) is 7.26. The molecule has 0 spiro atoms. The van der Waals surface area contributed by atoms with Gasteiger partial charge in [0.25, 0.3) is 0 Å². The summed E-state index contributed by atoms with van der Waals surface area (Å²) in [4.78, 5) is 8.47. The van der Waals surface area contributed by atoms with Crippen LogP contribution in [0.3, 0.4) is 0 Å². The van der Waals surface area contributed by atoms with E-state index in [-0.39, 0.29) is 6.10 Å². The van der Waals surface area contributed by atoms with Crippen LogP contribution in [0.1, 0.15) is 32.9 Å². The molecular formula is C11H19N3O. The van der Waals surface area contributed by atoms with Crippen molar-refractivity contribution in [3.63, 3.8) is 0 Å². The minimum atomic E-state index is 0.278. The van der Waals surface area contributed by atoms with Crippen LogP contribution in [0.15, 0.2) is 12.4 Å². The van der Waals surface area contributed by atoms with Gasteiger partial charge in [-0.25, -0.2) is 4.98 Å². The maximum atomic E-state index is 5.55. The molecule has 84 valence electrons. The highest BCUT2D eigenvalue weighted by Crippen LogP contribution is 2.04. The molecule has 0 amide bonds. The second-order valence-corrected chi connectivity index (χ2v) is 3.45. The van der Waals surface area contributed by atoms with E-state index in [1.807, 2.05) is 6.92 Å². The van der Waals surface area contributed by atoms with Crippen LogP contribution in [0.5, 0.6) is 0 Å². The van der Waals surface area contributed by atoms with Crippen LogP contribution in [-0.4, -0.2) is 22.6 Å². The molecule has 0 aliphatic heterocycles. The number of nitrogens with zero attached hydrogens (tertiary/aromatic N) is 2. The van der Waals surface area contributed by atoms with Gasteiger partial charge in [-0.3, -0.25) is 4.98 Å². The average molecular weight is 209 g/mol. The van der Waals surface area contributed by atoms with E-state index in [0.29, 0.717) is 6.61 Å². The summed E-state index contributed by atoms with van der Waals surface area (Å²) in [7, 11) is 0. The predicted octanol–water partition coefficient (Wildman–Crippen LogP) is 2.22. The minimum absolute atomic E-state index is 0.278. The standard InChI is InChI=1S/C11H19N3O/c1-4-9(3)15-8-10-6-14-11(7-13-10)12-5-2/h6-7,9H,4-5,8H2,1-3H3,(H,12,14).